The highest BCUT2D eigenvalue weighted by Crippen LogP contribution is 2.23. The fraction of sp³-hybridized carbons (Fsp3) is 0.562. The lowest BCUT2D eigenvalue weighted by molar-refractivity contribution is -0.117. The van der Waals surface area contributed by atoms with Gasteiger partial charge in [-0.05, 0) is 49.4 Å². The van der Waals surface area contributed by atoms with Crippen LogP contribution in [-0.2, 0) is 19.6 Å². The number of rotatable bonds is 5. The number of sulfonamides is 1. The molecule has 0 aromatic heterocycles. The molecule has 0 saturated carbocycles. The van der Waals surface area contributed by atoms with Crippen molar-refractivity contribution in [3.05, 3.63) is 24.3 Å². The minimum Gasteiger partial charge on any atom is -0.381 e. The van der Waals surface area contributed by atoms with Crippen LogP contribution >= 0.6 is 0 Å². The first-order chi connectivity index (χ1) is 11.1. The quantitative estimate of drug-likeness (QED) is 0.883. The molecule has 3 rings (SSSR count). The van der Waals surface area contributed by atoms with Gasteiger partial charge in [-0.2, -0.15) is 0 Å². The summed E-state index contributed by atoms with van der Waals surface area (Å²) in [6, 6.07) is 6.53. The van der Waals surface area contributed by atoms with Crippen molar-refractivity contribution in [2.45, 2.75) is 30.6 Å². The highest BCUT2D eigenvalue weighted by Gasteiger charge is 2.23. The number of benzene rings is 1. The molecule has 1 aromatic carbocycles. The molecule has 0 spiro atoms. The van der Waals surface area contributed by atoms with Crippen molar-refractivity contribution in [3.63, 3.8) is 0 Å². The van der Waals surface area contributed by atoms with E-state index in [0.29, 0.717) is 38.6 Å². The Kier molecular flexibility index (Phi) is 4.99. The highest BCUT2D eigenvalue weighted by atomic mass is 32.2. The lowest BCUT2D eigenvalue weighted by Crippen LogP contribution is -2.32. The topological polar surface area (TPSA) is 75.7 Å². The van der Waals surface area contributed by atoms with Gasteiger partial charge in [-0.1, -0.05) is 0 Å². The number of ether oxygens (including phenoxy) is 1. The molecule has 23 heavy (non-hydrogen) atoms. The molecule has 6 nitrogen and oxygen atoms in total. The van der Waals surface area contributed by atoms with Gasteiger partial charge in [0.1, 0.15) is 0 Å². The van der Waals surface area contributed by atoms with Crippen molar-refractivity contribution in [1.82, 2.24) is 4.72 Å². The van der Waals surface area contributed by atoms with Crippen molar-refractivity contribution in [3.8, 4) is 0 Å². The molecular formula is C16H22N2O4S. The number of hydrogen-bond acceptors (Lipinski definition) is 4. The van der Waals surface area contributed by atoms with E-state index in [2.05, 4.69) is 4.72 Å². The number of anilines is 1. The van der Waals surface area contributed by atoms with Gasteiger partial charge < -0.3 is 9.64 Å². The predicted octanol–water partition coefficient (Wildman–Crippen LogP) is 1.52. The van der Waals surface area contributed by atoms with Gasteiger partial charge in [0.15, 0.2) is 0 Å². The lowest BCUT2D eigenvalue weighted by atomic mass is 10.0. The first kappa shape index (κ1) is 16.4. The van der Waals surface area contributed by atoms with E-state index in [0.717, 1.165) is 24.9 Å². The zero-order chi connectivity index (χ0) is 16.3. The normalized spacial score (nSPS) is 20.2. The molecule has 2 aliphatic rings. The molecule has 0 radical (unpaired) electrons. The fourth-order valence-corrected chi connectivity index (χ4v) is 4.10. The Morgan fingerprint density at radius 1 is 1.17 bits per heavy atom. The SMILES string of the molecule is O=C1CCCN1c1ccc(S(=O)(=O)NCC2CCOCC2)cc1. The molecule has 126 valence electrons. The van der Waals surface area contributed by atoms with Crippen LogP contribution < -0.4 is 9.62 Å². The van der Waals surface area contributed by atoms with E-state index in [4.69, 9.17) is 4.74 Å². The molecule has 7 heteroatoms. The van der Waals surface area contributed by atoms with Crippen LogP contribution in [0.3, 0.4) is 0 Å². The molecule has 2 saturated heterocycles. The van der Waals surface area contributed by atoms with Crippen LogP contribution in [0.1, 0.15) is 25.7 Å². The zero-order valence-electron chi connectivity index (χ0n) is 13.0. The minimum atomic E-state index is -3.51. The van der Waals surface area contributed by atoms with E-state index in [1.165, 1.54) is 0 Å². The molecular weight excluding hydrogens is 316 g/mol. The first-order valence-corrected chi connectivity index (χ1v) is 9.52. The van der Waals surface area contributed by atoms with Gasteiger partial charge in [-0.3, -0.25) is 4.79 Å². The average molecular weight is 338 g/mol. The number of amides is 1. The van der Waals surface area contributed by atoms with Gasteiger partial charge in [0.05, 0.1) is 4.90 Å². The van der Waals surface area contributed by atoms with Gasteiger partial charge in [-0.15, -0.1) is 0 Å². The number of hydrogen-bond donors (Lipinski definition) is 1. The average Bonchev–Trinajstić information content (AvgIpc) is 3.00. The Bertz CT molecular complexity index is 651. The summed E-state index contributed by atoms with van der Waals surface area (Å²) in [4.78, 5) is 13.7. The fourth-order valence-electron chi connectivity index (χ4n) is 2.99. The molecule has 0 unspecified atom stereocenters. The van der Waals surface area contributed by atoms with Gasteiger partial charge in [0.25, 0.3) is 0 Å². The van der Waals surface area contributed by atoms with Gasteiger partial charge in [0.2, 0.25) is 15.9 Å². The van der Waals surface area contributed by atoms with Crippen LogP contribution in [0.4, 0.5) is 5.69 Å². The molecule has 2 fully saturated rings. The summed E-state index contributed by atoms with van der Waals surface area (Å²) in [7, 11) is -3.51. The van der Waals surface area contributed by atoms with E-state index >= 15 is 0 Å². The third-order valence-corrected chi connectivity index (χ3v) is 5.87. The maximum Gasteiger partial charge on any atom is 0.240 e. The Morgan fingerprint density at radius 2 is 1.87 bits per heavy atom. The van der Waals surface area contributed by atoms with Gasteiger partial charge >= 0.3 is 0 Å². The molecule has 0 atom stereocenters. The van der Waals surface area contributed by atoms with E-state index in [1.807, 2.05) is 0 Å². The van der Waals surface area contributed by atoms with Crippen LogP contribution in [0.5, 0.6) is 0 Å². The second-order valence-corrected chi connectivity index (χ2v) is 7.82. The van der Waals surface area contributed by atoms with Crippen LogP contribution in [-0.4, -0.2) is 40.6 Å². The molecule has 1 aromatic rings. The third-order valence-electron chi connectivity index (χ3n) is 4.44. The molecule has 1 amide bonds. The van der Waals surface area contributed by atoms with E-state index in [9.17, 15) is 13.2 Å². The zero-order valence-corrected chi connectivity index (χ0v) is 13.8. The van der Waals surface area contributed by atoms with Crippen LogP contribution in [0.2, 0.25) is 0 Å². The lowest BCUT2D eigenvalue weighted by Gasteiger charge is -2.22. The molecule has 0 bridgehead atoms. The van der Waals surface area contributed by atoms with Crippen molar-refractivity contribution in [1.29, 1.82) is 0 Å². The molecule has 1 N–H and O–H groups in total. The van der Waals surface area contributed by atoms with Crippen LogP contribution in [0.15, 0.2) is 29.2 Å². The van der Waals surface area contributed by atoms with E-state index in [-0.39, 0.29) is 10.8 Å². The maximum atomic E-state index is 12.3. The Balaban J connectivity index is 1.64. The molecule has 0 aliphatic carbocycles. The van der Waals surface area contributed by atoms with Crippen LogP contribution in [0, 0.1) is 5.92 Å². The Morgan fingerprint density at radius 3 is 2.48 bits per heavy atom. The number of nitrogens with zero attached hydrogens (tertiary/aromatic N) is 1. The van der Waals surface area contributed by atoms with Crippen molar-refractivity contribution >= 4 is 21.6 Å². The number of nitrogens with one attached hydrogen (secondary N) is 1. The summed E-state index contributed by atoms with van der Waals surface area (Å²) in [5.74, 6) is 0.429. The summed E-state index contributed by atoms with van der Waals surface area (Å²) in [5, 5.41) is 0. The number of carbonyl (C=O) groups excluding carboxylic acids is 1. The van der Waals surface area contributed by atoms with Crippen molar-refractivity contribution < 1.29 is 17.9 Å². The summed E-state index contributed by atoms with van der Waals surface area (Å²) in [5.41, 5.74) is 0.760. The van der Waals surface area contributed by atoms with E-state index < -0.39 is 10.0 Å². The Hall–Kier alpha value is -1.44. The monoisotopic (exact) mass is 338 g/mol. The van der Waals surface area contributed by atoms with Crippen molar-refractivity contribution in [2.24, 2.45) is 5.92 Å². The standard InChI is InChI=1S/C16H22N2O4S/c19-16-2-1-9-18(16)14-3-5-15(6-4-14)23(20,21)17-12-13-7-10-22-11-8-13/h3-6,13,17H,1-2,7-12H2. The largest absolute Gasteiger partial charge is 0.381 e. The smallest absolute Gasteiger partial charge is 0.240 e. The van der Waals surface area contributed by atoms with Gasteiger partial charge in [-0.25, -0.2) is 13.1 Å². The second kappa shape index (κ2) is 6.98. The van der Waals surface area contributed by atoms with Gasteiger partial charge in [0, 0.05) is 38.4 Å². The van der Waals surface area contributed by atoms with Crippen molar-refractivity contribution in [2.75, 3.05) is 31.2 Å². The second-order valence-electron chi connectivity index (χ2n) is 6.05. The first-order valence-electron chi connectivity index (χ1n) is 8.04. The minimum absolute atomic E-state index is 0.0956. The van der Waals surface area contributed by atoms with E-state index in [1.54, 1.807) is 29.2 Å². The number of carbonyl (C=O) groups is 1. The summed E-state index contributed by atoms with van der Waals surface area (Å²) >= 11 is 0. The van der Waals surface area contributed by atoms with Crippen LogP contribution in [0.25, 0.3) is 0 Å². The third kappa shape index (κ3) is 3.91. The maximum absolute atomic E-state index is 12.3. The predicted molar refractivity (Wildman–Crippen MR) is 86.8 cm³/mol. The summed E-state index contributed by atoms with van der Waals surface area (Å²) < 4.78 is 32.7. The highest BCUT2D eigenvalue weighted by molar-refractivity contribution is 7.89. The summed E-state index contributed by atoms with van der Waals surface area (Å²) in [6.07, 6.45) is 3.19. The summed E-state index contributed by atoms with van der Waals surface area (Å²) in [6.45, 7) is 2.54. The molecule has 2 aliphatic heterocycles. The Labute approximate surface area is 136 Å². The molecule has 2 heterocycles.